The molecule has 15 heavy (non-hydrogen) atoms. The molecule has 0 saturated carbocycles. The van der Waals surface area contributed by atoms with E-state index in [1.54, 1.807) is 0 Å². The normalized spacial score (nSPS) is 18.0. The maximum Gasteiger partial charge on any atom is 0.0461 e. The first kappa shape index (κ1) is 8.78. The van der Waals surface area contributed by atoms with Crippen LogP contribution in [0, 0.1) is 5.41 Å². The maximum absolute atomic E-state index is 3.47. The van der Waals surface area contributed by atoms with Crippen LogP contribution in [0.4, 0.5) is 0 Å². The molecular formula is C14H15N. The van der Waals surface area contributed by atoms with Crippen molar-refractivity contribution in [3.05, 3.63) is 41.6 Å². The zero-order chi connectivity index (χ0) is 10.5. The summed E-state index contributed by atoms with van der Waals surface area (Å²) in [5.74, 6) is 0. The molecule has 1 heterocycles. The number of allylic oxidation sites excluding steroid dienone is 1. The van der Waals surface area contributed by atoms with Crippen molar-refractivity contribution in [2.75, 3.05) is 0 Å². The monoisotopic (exact) mass is 197 g/mol. The van der Waals surface area contributed by atoms with Gasteiger partial charge in [-0.15, -0.1) is 0 Å². The van der Waals surface area contributed by atoms with E-state index in [1.165, 1.54) is 22.2 Å². The molecule has 0 saturated heterocycles. The molecule has 0 fully saturated rings. The first-order chi connectivity index (χ1) is 7.16. The minimum Gasteiger partial charge on any atom is -0.355 e. The Morgan fingerprint density at radius 2 is 2.00 bits per heavy atom. The molecule has 0 amide bonds. The third-order valence-corrected chi connectivity index (χ3v) is 3.18. The number of benzene rings is 1. The van der Waals surface area contributed by atoms with Crippen LogP contribution in [0.15, 0.2) is 30.3 Å². The molecule has 0 aliphatic heterocycles. The number of aromatic nitrogens is 1. The largest absolute Gasteiger partial charge is 0.355 e. The average molecular weight is 197 g/mol. The molecule has 1 aromatic heterocycles. The highest BCUT2D eigenvalue weighted by Crippen LogP contribution is 2.35. The van der Waals surface area contributed by atoms with Crippen molar-refractivity contribution in [3.63, 3.8) is 0 Å². The topological polar surface area (TPSA) is 15.8 Å². The Hall–Kier alpha value is -1.50. The lowest BCUT2D eigenvalue weighted by Gasteiger charge is -2.24. The molecular weight excluding hydrogens is 182 g/mol. The fourth-order valence-corrected chi connectivity index (χ4v) is 2.38. The molecule has 0 unspecified atom stereocenters. The number of hydrogen-bond acceptors (Lipinski definition) is 0. The fourth-order valence-electron chi connectivity index (χ4n) is 2.38. The standard InChI is InChI=1S/C14H15N/c1-14(2)8-7-13-11(9-14)10-5-3-4-6-12(10)15-13/h3-8,15H,9H2,1-2H3. The lowest BCUT2D eigenvalue weighted by molar-refractivity contribution is 0.476. The van der Waals surface area contributed by atoms with Crippen LogP contribution in [0.25, 0.3) is 17.0 Å². The van der Waals surface area contributed by atoms with Gasteiger partial charge in [0.1, 0.15) is 0 Å². The summed E-state index contributed by atoms with van der Waals surface area (Å²) in [6, 6.07) is 8.55. The van der Waals surface area contributed by atoms with Gasteiger partial charge >= 0.3 is 0 Å². The lowest BCUT2D eigenvalue weighted by Crippen LogP contribution is -2.14. The average Bonchev–Trinajstić information content (AvgIpc) is 2.55. The molecule has 3 rings (SSSR count). The molecule has 0 spiro atoms. The summed E-state index contributed by atoms with van der Waals surface area (Å²) >= 11 is 0. The molecule has 1 aliphatic carbocycles. The van der Waals surface area contributed by atoms with Gasteiger partial charge in [0, 0.05) is 16.6 Å². The van der Waals surface area contributed by atoms with Gasteiger partial charge in [-0.2, -0.15) is 0 Å². The Labute approximate surface area is 89.8 Å². The molecule has 0 bridgehead atoms. The van der Waals surface area contributed by atoms with Crippen LogP contribution in [-0.4, -0.2) is 4.98 Å². The van der Waals surface area contributed by atoms with Gasteiger partial charge in [0.05, 0.1) is 0 Å². The molecule has 76 valence electrons. The SMILES string of the molecule is CC1(C)C=Cc2[nH]c3ccccc3c2C1. The predicted molar refractivity (Wildman–Crippen MR) is 64.8 cm³/mol. The summed E-state index contributed by atoms with van der Waals surface area (Å²) in [6.45, 7) is 4.57. The Morgan fingerprint density at radius 3 is 2.87 bits per heavy atom. The Morgan fingerprint density at radius 1 is 1.20 bits per heavy atom. The second kappa shape index (κ2) is 2.75. The lowest BCUT2D eigenvalue weighted by atomic mass is 9.81. The third kappa shape index (κ3) is 1.30. The van der Waals surface area contributed by atoms with E-state index in [1.807, 2.05) is 0 Å². The number of hydrogen-bond donors (Lipinski definition) is 1. The highest BCUT2D eigenvalue weighted by Gasteiger charge is 2.23. The van der Waals surface area contributed by atoms with Crippen molar-refractivity contribution >= 4 is 17.0 Å². The van der Waals surface area contributed by atoms with Crippen molar-refractivity contribution < 1.29 is 0 Å². The number of nitrogens with one attached hydrogen (secondary N) is 1. The molecule has 1 aromatic carbocycles. The summed E-state index contributed by atoms with van der Waals surface area (Å²) in [6.07, 6.45) is 5.65. The van der Waals surface area contributed by atoms with Gasteiger partial charge in [0.15, 0.2) is 0 Å². The zero-order valence-corrected chi connectivity index (χ0v) is 9.17. The van der Waals surface area contributed by atoms with Crippen LogP contribution < -0.4 is 0 Å². The Kier molecular flexibility index (Phi) is 1.61. The number of H-pyrrole nitrogens is 1. The minimum atomic E-state index is 0.290. The second-order valence-corrected chi connectivity index (χ2v) is 5.06. The van der Waals surface area contributed by atoms with Crippen LogP contribution in [0.1, 0.15) is 25.1 Å². The molecule has 1 aliphatic rings. The second-order valence-electron chi connectivity index (χ2n) is 5.06. The van der Waals surface area contributed by atoms with Gasteiger partial charge in [0.25, 0.3) is 0 Å². The highest BCUT2D eigenvalue weighted by molar-refractivity contribution is 5.88. The van der Waals surface area contributed by atoms with Gasteiger partial charge < -0.3 is 4.98 Å². The molecule has 1 heteroatoms. The summed E-state index contributed by atoms with van der Waals surface area (Å²) in [7, 11) is 0. The van der Waals surface area contributed by atoms with Crippen molar-refractivity contribution in [2.24, 2.45) is 5.41 Å². The Balaban J connectivity index is 2.29. The molecule has 2 aromatic rings. The minimum absolute atomic E-state index is 0.290. The predicted octanol–water partition coefficient (Wildman–Crippen LogP) is 3.76. The van der Waals surface area contributed by atoms with Crippen LogP contribution in [0.5, 0.6) is 0 Å². The van der Waals surface area contributed by atoms with Crippen LogP contribution in [0.2, 0.25) is 0 Å². The van der Waals surface area contributed by atoms with E-state index >= 15 is 0 Å². The molecule has 0 atom stereocenters. The van der Waals surface area contributed by atoms with Crippen molar-refractivity contribution in [2.45, 2.75) is 20.3 Å². The van der Waals surface area contributed by atoms with Crippen LogP contribution >= 0.6 is 0 Å². The van der Waals surface area contributed by atoms with E-state index in [4.69, 9.17) is 0 Å². The molecule has 1 N–H and O–H groups in total. The van der Waals surface area contributed by atoms with Crippen molar-refractivity contribution in [3.8, 4) is 0 Å². The fraction of sp³-hybridized carbons (Fsp3) is 0.286. The number of aromatic amines is 1. The van der Waals surface area contributed by atoms with Crippen molar-refractivity contribution in [1.82, 2.24) is 4.98 Å². The molecule has 0 radical (unpaired) electrons. The van der Waals surface area contributed by atoms with Gasteiger partial charge in [0.2, 0.25) is 0 Å². The van der Waals surface area contributed by atoms with Gasteiger partial charge in [-0.3, -0.25) is 0 Å². The van der Waals surface area contributed by atoms with Crippen molar-refractivity contribution in [1.29, 1.82) is 0 Å². The van der Waals surface area contributed by atoms with E-state index in [0.29, 0.717) is 0 Å². The third-order valence-electron chi connectivity index (χ3n) is 3.18. The van der Waals surface area contributed by atoms with E-state index in [-0.39, 0.29) is 5.41 Å². The maximum atomic E-state index is 3.47. The zero-order valence-electron chi connectivity index (χ0n) is 9.17. The highest BCUT2D eigenvalue weighted by atomic mass is 14.7. The first-order valence-corrected chi connectivity index (χ1v) is 5.45. The van der Waals surface area contributed by atoms with Gasteiger partial charge in [-0.1, -0.05) is 38.1 Å². The summed E-state index contributed by atoms with van der Waals surface area (Å²) in [5.41, 5.74) is 4.30. The summed E-state index contributed by atoms with van der Waals surface area (Å²) < 4.78 is 0. The smallest absolute Gasteiger partial charge is 0.0461 e. The van der Waals surface area contributed by atoms with E-state index < -0.39 is 0 Å². The van der Waals surface area contributed by atoms with E-state index in [0.717, 1.165) is 6.42 Å². The Bertz CT molecular complexity index is 543. The summed E-state index contributed by atoms with van der Waals surface area (Å²) in [4.78, 5) is 3.47. The summed E-state index contributed by atoms with van der Waals surface area (Å²) in [5, 5.41) is 1.38. The van der Waals surface area contributed by atoms with Gasteiger partial charge in [-0.05, 0) is 29.5 Å². The van der Waals surface area contributed by atoms with E-state index in [9.17, 15) is 0 Å². The van der Waals surface area contributed by atoms with Crippen LogP contribution in [-0.2, 0) is 6.42 Å². The van der Waals surface area contributed by atoms with Crippen LogP contribution in [0.3, 0.4) is 0 Å². The van der Waals surface area contributed by atoms with E-state index in [2.05, 4.69) is 55.2 Å². The molecule has 1 nitrogen and oxygen atoms in total. The first-order valence-electron chi connectivity index (χ1n) is 5.45. The number of fused-ring (bicyclic) bond motifs is 3. The number of rotatable bonds is 0. The quantitative estimate of drug-likeness (QED) is 0.661. The number of para-hydroxylation sites is 1. The van der Waals surface area contributed by atoms with Gasteiger partial charge in [-0.25, -0.2) is 0 Å².